The minimum atomic E-state index is -0.969. The molecule has 5 nitrogen and oxygen atoms in total. The quantitative estimate of drug-likeness (QED) is 0.477. The summed E-state index contributed by atoms with van der Waals surface area (Å²) in [6, 6.07) is 6.74. The predicted octanol–water partition coefficient (Wildman–Crippen LogP) is 1.51. The number of anilines is 1. The number of hydrogen-bond acceptors (Lipinski definition) is 5. The van der Waals surface area contributed by atoms with E-state index in [1.54, 1.807) is 31.2 Å². The highest BCUT2D eigenvalue weighted by Gasteiger charge is 2.11. The van der Waals surface area contributed by atoms with Crippen LogP contribution in [0.25, 0.3) is 0 Å². The molecule has 0 aromatic heterocycles. The molecule has 0 saturated carbocycles. The molecule has 1 rings (SSSR count). The van der Waals surface area contributed by atoms with Gasteiger partial charge in [0, 0.05) is 5.69 Å². The fourth-order valence-corrected chi connectivity index (χ4v) is 1.08. The summed E-state index contributed by atoms with van der Waals surface area (Å²) >= 11 is 0. The van der Waals surface area contributed by atoms with E-state index < -0.39 is 12.1 Å². The zero-order chi connectivity index (χ0) is 12.0. The van der Waals surface area contributed by atoms with Gasteiger partial charge in [-0.2, -0.15) is 0 Å². The fraction of sp³-hybridized carbons (Fsp3) is 0.273. The highest BCUT2D eigenvalue weighted by Crippen LogP contribution is 2.06. The SMILES string of the molecule is CCOC(=O)OC(=O)Cc1ccc(N)cc1. The van der Waals surface area contributed by atoms with Crippen LogP contribution in [-0.2, 0) is 20.7 Å². The van der Waals surface area contributed by atoms with Gasteiger partial charge in [0.1, 0.15) is 0 Å². The van der Waals surface area contributed by atoms with E-state index in [1.807, 2.05) is 0 Å². The van der Waals surface area contributed by atoms with Crippen molar-refractivity contribution in [2.75, 3.05) is 12.3 Å². The van der Waals surface area contributed by atoms with Gasteiger partial charge >= 0.3 is 12.1 Å². The average Bonchev–Trinajstić information content (AvgIpc) is 2.21. The summed E-state index contributed by atoms with van der Waals surface area (Å²) in [7, 11) is 0. The lowest BCUT2D eigenvalue weighted by Crippen LogP contribution is -2.15. The van der Waals surface area contributed by atoms with Crippen molar-refractivity contribution in [1.82, 2.24) is 0 Å². The second-order valence-corrected chi connectivity index (χ2v) is 3.08. The third kappa shape index (κ3) is 4.00. The number of carbonyl (C=O) groups is 2. The minimum absolute atomic E-state index is 0.0130. The zero-order valence-corrected chi connectivity index (χ0v) is 8.93. The van der Waals surface area contributed by atoms with E-state index in [0.717, 1.165) is 5.56 Å². The Labute approximate surface area is 93.1 Å². The van der Waals surface area contributed by atoms with Gasteiger partial charge in [0.15, 0.2) is 0 Å². The van der Waals surface area contributed by atoms with Crippen molar-refractivity contribution < 1.29 is 19.1 Å². The Kier molecular flexibility index (Phi) is 4.32. The Balaban J connectivity index is 2.45. The number of nitrogen functional groups attached to an aromatic ring is 1. The first-order valence-electron chi connectivity index (χ1n) is 4.83. The number of esters is 1. The summed E-state index contributed by atoms with van der Waals surface area (Å²) < 4.78 is 8.86. The second-order valence-electron chi connectivity index (χ2n) is 3.08. The number of nitrogens with two attached hydrogens (primary N) is 1. The molecule has 5 heteroatoms. The Morgan fingerprint density at radius 2 is 1.88 bits per heavy atom. The van der Waals surface area contributed by atoms with Crippen molar-refractivity contribution >= 4 is 17.8 Å². The van der Waals surface area contributed by atoms with Gasteiger partial charge in [-0.3, -0.25) is 4.79 Å². The minimum Gasteiger partial charge on any atom is -0.434 e. The summed E-state index contributed by atoms with van der Waals surface area (Å²) in [6.45, 7) is 1.81. The molecular formula is C11H13NO4. The van der Waals surface area contributed by atoms with Crippen molar-refractivity contribution in [3.05, 3.63) is 29.8 Å². The van der Waals surface area contributed by atoms with Crippen LogP contribution in [0.15, 0.2) is 24.3 Å². The van der Waals surface area contributed by atoms with Gasteiger partial charge in [-0.15, -0.1) is 0 Å². The topological polar surface area (TPSA) is 78.6 Å². The van der Waals surface area contributed by atoms with Crippen molar-refractivity contribution in [3.63, 3.8) is 0 Å². The van der Waals surface area contributed by atoms with Gasteiger partial charge in [0.2, 0.25) is 0 Å². The molecule has 1 aromatic carbocycles. The van der Waals surface area contributed by atoms with Crippen LogP contribution in [0.1, 0.15) is 12.5 Å². The molecule has 0 unspecified atom stereocenters. The Morgan fingerprint density at radius 3 is 2.44 bits per heavy atom. The molecule has 0 aliphatic carbocycles. The number of ether oxygens (including phenoxy) is 2. The predicted molar refractivity (Wildman–Crippen MR) is 57.7 cm³/mol. The largest absolute Gasteiger partial charge is 0.516 e. The summed E-state index contributed by atoms with van der Waals surface area (Å²) in [5, 5.41) is 0. The van der Waals surface area contributed by atoms with Gasteiger partial charge in [0.25, 0.3) is 0 Å². The molecule has 2 N–H and O–H groups in total. The average molecular weight is 223 g/mol. The smallest absolute Gasteiger partial charge is 0.434 e. The number of carbonyl (C=O) groups excluding carboxylic acids is 2. The van der Waals surface area contributed by atoms with Gasteiger partial charge in [-0.05, 0) is 24.6 Å². The van der Waals surface area contributed by atoms with E-state index in [0.29, 0.717) is 5.69 Å². The van der Waals surface area contributed by atoms with E-state index in [1.165, 1.54) is 0 Å². The summed E-state index contributed by atoms with van der Waals surface area (Å²) in [5.74, 6) is -0.650. The highest BCUT2D eigenvalue weighted by atomic mass is 16.7. The van der Waals surface area contributed by atoms with E-state index in [9.17, 15) is 9.59 Å². The molecule has 0 saturated heterocycles. The molecule has 0 bridgehead atoms. The Hall–Kier alpha value is -2.04. The number of hydrogen-bond donors (Lipinski definition) is 1. The lowest BCUT2D eigenvalue weighted by Gasteiger charge is -2.03. The molecule has 0 aliphatic rings. The monoisotopic (exact) mass is 223 g/mol. The van der Waals surface area contributed by atoms with Crippen LogP contribution in [0.4, 0.5) is 10.5 Å². The molecule has 0 atom stereocenters. The van der Waals surface area contributed by atoms with Crippen molar-refractivity contribution in [1.29, 1.82) is 0 Å². The van der Waals surface area contributed by atoms with Gasteiger partial charge < -0.3 is 15.2 Å². The maximum absolute atomic E-state index is 11.2. The molecule has 0 heterocycles. The van der Waals surface area contributed by atoms with E-state index in [4.69, 9.17) is 5.73 Å². The van der Waals surface area contributed by atoms with Crippen molar-refractivity contribution in [2.24, 2.45) is 0 Å². The van der Waals surface area contributed by atoms with E-state index >= 15 is 0 Å². The van der Waals surface area contributed by atoms with Crippen LogP contribution in [0, 0.1) is 0 Å². The van der Waals surface area contributed by atoms with Crippen LogP contribution in [0.5, 0.6) is 0 Å². The maximum atomic E-state index is 11.2. The first-order chi connectivity index (χ1) is 7.61. The van der Waals surface area contributed by atoms with Crippen LogP contribution >= 0.6 is 0 Å². The van der Waals surface area contributed by atoms with Gasteiger partial charge in [-0.25, -0.2) is 4.79 Å². The van der Waals surface area contributed by atoms with Crippen molar-refractivity contribution in [2.45, 2.75) is 13.3 Å². The molecule has 0 aliphatic heterocycles. The fourth-order valence-electron chi connectivity index (χ4n) is 1.08. The number of rotatable bonds is 3. The number of benzene rings is 1. The third-order valence-corrected chi connectivity index (χ3v) is 1.79. The molecule has 0 spiro atoms. The third-order valence-electron chi connectivity index (χ3n) is 1.79. The van der Waals surface area contributed by atoms with Gasteiger partial charge in [-0.1, -0.05) is 12.1 Å². The van der Waals surface area contributed by atoms with Crippen molar-refractivity contribution in [3.8, 4) is 0 Å². The van der Waals surface area contributed by atoms with Crippen LogP contribution in [-0.4, -0.2) is 18.7 Å². The highest BCUT2D eigenvalue weighted by molar-refractivity contribution is 5.83. The summed E-state index contributed by atoms with van der Waals surface area (Å²) in [5.41, 5.74) is 6.83. The van der Waals surface area contributed by atoms with Crippen LogP contribution in [0.2, 0.25) is 0 Å². The Morgan fingerprint density at radius 1 is 1.25 bits per heavy atom. The molecule has 0 radical (unpaired) electrons. The summed E-state index contributed by atoms with van der Waals surface area (Å²) in [6.07, 6.45) is -0.957. The normalized spacial score (nSPS) is 9.56. The Bertz CT molecular complexity index is 372. The zero-order valence-electron chi connectivity index (χ0n) is 8.93. The molecular weight excluding hydrogens is 210 g/mol. The molecule has 1 aromatic rings. The van der Waals surface area contributed by atoms with E-state index in [2.05, 4.69) is 9.47 Å². The first-order valence-corrected chi connectivity index (χ1v) is 4.83. The maximum Gasteiger partial charge on any atom is 0.516 e. The lowest BCUT2D eigenvalue weighted by atomic mass is 10.1. The van der Waals surface area contributed by atoms with E-state index in [-0.39, 0.29) is 13.0 Å². The van der Waals surface area contributed by atoms with Crippen LogP contribution in [0.3, 0.4) is 0 Å². The molecule has 86 valence electrons. The standard InChI is InChI=1S/C11H13NO4/c1-2-15-11(14)16-10(13)7-8-3-5-9(12)6-4-8/h3-6H,2,7,12H2,1H3. The van der Waals surface area contributed by atoms with Gasteiger partial charge in [0.05, 0.1) is 13.0 Å². The lowest BCUT2D eigenvalue weighted by molar-refractivity contribution is -0.138. The first kappa shape index (κ1) is 12.0. The summed E-state index contributed by atoms with van der Waals surface area (Å²) in [4.78, 5) is 22.0. The molecule has 0 fully saturated rings. The van der Waals surface area contributed by atoms with Crippen LogP contribution < -0.4 is 5.73 Å². The molecule has 0 amide bonds. The molecule has 16 heavy (non-hydrogen) atoms. The second kappa shape index (κ2) is 5.75.